The predicted octanol–water partition coefficient (Wildman–Crippen LogP) is 3.47. The zero-order chi connectivity index (χ0) is 19.0. The number of aliphatic imine (C=N–C) groups is 1. The Morgan fingerprint density at radius 1 is 1.33 bits per heavy atom. The quantitative estimate of drug-likeness (QED) is 0.822. The van der Waals surface area contributed by atoms with Crippen LogP contribution in [0, 0.1) is 18.7 Å². The molecule has 0 radical (unpaired) electrons. The molecule has 1 fully saturated rings. The van der Waals surface area contributed by atoms with Gasteiger partial charge in [-0.1, -0.05) is 41.6 Å². The topological polar surface area (TPSA) is 56.7 Å². The van der Waals surface area contributed by atoms with Crippen molar-refractivity contribution < 1.29 is 9.18 Å². The molecule has 2 atom stereocenters. The van der Waals surface area contributed by atoms with Crippen LogP contribution in [-0.4, -0.2) is 23.8 Å². The molecule has 2 unspecified atom stereocenters. The van der Waals surface area contributed by atoms with E-state index in [0.717, 1.165) is 16.8 Å². The van der Waals surface area contributed by atoms with Gasteiger partial charge in [-0.3, -0.25) is 15.1 Å². The number of hydrazine groups is 1. The van der Waals surface area contributed by atoms with Crippen LogP contribution < -0.4 is 15.8 Å². The Balaban J connectivity index is 1.68. The van der Waals surface area contributed by atoms with Crippen molar-refractivity contribution >= 4 is 40.1 Å². The minimum atomic E-state index is -0.303. The maximum atomic E-state index is 13.5. The van der Waals surface area contributed by atoms with Crippen molar-refractivity contribution in [3.63, 3.8) is 0 Å². The first-order valence-electron chi connectivity index (χ1n) is 8.56. The number of rotatable bonds is 3. The van der Waals surface area contributed by atoms with Crippen molar-refractivity contribution in [1.82, 2.24) is 10.9 Å². The lowest BCUT2D eigenvalue weighted by atomic mass is 10.0. The van der Waals surface area contributed by atoms with Crippen LogP contribution in [0.5, 0.6) is 0 Å². The number of aryl methyl sites for hydroxylation is 1. The summed E-state index contributed by atoms with van der Waals surface area (Å²) in [7, 11) is 0. The minimum Gasteiger partial charge on any atom is -0.274 e. The first-order chi connectivity index (χ1) is 13.0. The number of carbonyl (C=O) groups excluding carboxylic acids is 1. The van der Waals surface area contributed by atoms with Gasteiger partial charge in [-0.25, -0.2) is 14.8 Å². The summed E-state index contributed by atoms with van der Waals surface area (Å²) in [6.45, 7) is 2.45. The Morgan fingerprint density at radius 3 is 3.00 bits per heavy atom. The van der Waals surface area contributed by atoms with Crippen LogP contribution in [0.1, 0.15) is 11.1 Å². The lowest BCUT2D eigenvalue weighted by Gasteiger charge is -2.33. The smallest absolute Gasteiger partial charge is 0.241 e. The minimum absolute atomic E-state index is 0.0281. The van der Waals surface area contributed by atoms with Gasteiger partial charge in [-0.15, -0.1) is 0 Å². The fourth-order valence-electron chi connectivity index (χ4n) is 3.19. The van der Waals surface area contributed by atoms with Crippen LogP contribution in [0.2, 0.25) is 5.02 Å². The number of halogens is 2. The number of carbonyl (C=O) groups is 1. The zero-order valence-electron chi connectivity index (χ0n) is 14.6. The van der Waals surface area contributed by atoms with Crippen molar-refractivity contribution in [2.24, 2.45) is 10.9 Å². The van der Waals surface area contributed by atoms with Gasteiger partial charge in [0.1, 0.15) is 12.0 Å². The molecule has 8 heteroatoms. The summed E-state index contributed by atoms with van der Waals surface area (Å²) < 4.78 is 13.5. The standard InChI is InChI=1S/C19H18ClFN4OS/c1-11-5-6-13(20)8-16(11)25-18(26)15-9-22-24-17(15)23-19(25)27-10-12-3-2-4-14(21)7-12/h2-8,15,17,22,24H,9-10H2,1H3. The first-order valence-corrected chi connectivity index (χ1v) is 9.93. The molecule has 0 spiro atoms. The number of nitrogens with zero attached hydrogens (tertiary/aromatic N) is 2. The summed E-state index contributed by atoms with van der Waals surface area (Å²) in [6.07, 6.45) is -0.303. The summed E-state index contributed by atoms with van der Waals surface area (Å²) in [5, 5.41) is 1.13. The van der Waals surface area contributed by atoms with E-state index in [4.69, 9.17) is 16.6 Å². The van der Waals surface area contributed by atoms with E-state index in [1.165, 1.54) is 23.9 Å². The van der Waals surface area contributed by atoms with Gasteiger partial charge in [0.15, 0.2) is 5.17 Å². The number of anilines is 1. The summed E-state index contributed by atoms with van der Waals surface area (Å²) in [5.41, 5.74) is 8.54. The van der Waals surface area contributed by atoms with E-state index in [9.17, 15) is 9.18 Å². The highest BCUT2D eigenvalue weighted by Gasteiger charge is 2.42. The summed E-state index contributed by atoms with van der Waals surface area (Å²) in [4.78, 5) is 19.6. The molecule has 0 aliphatic carbocycles. The first kappa shape index (κ1) is 18.4. The Morgan fingerprint density at radius 2 is 2.19 bits per heavy atom. The highest BCUT2D eigenvalue weighted by atomic mass is 35.5. The van der Waals surface area contributed by atoms with E-state index in [1.807, 2.05) is 19.1 Å². The number of thioether (sulfide) groups is 1. The molecular weight excluding hydrogens is 387 g/mol. The average molecular weight is 405 g/mol. The Hall–Kier alpha value is -1.93. The molecule has 2 N–H and O–H groups in total. The maximum absolute atomic E-state index is 13.5. The van der Waals surface area contributed by atoms with Gasteiger partial charge >= 0.3 is 0 Å². The van der Waals surface area contributed by atoms with E-state index in [1.54, 1.807) is 23.1 Å². The van der Waals surface area contributed by atoms with E-state index >= 15 is 0 Å². The molecule has 140 valence electrons. The third-order valence-corrected chi connectivity index (χ3v) is 5.86. The van der Waals surface area contributed by atoms with Crippen molar-refractivity contribution in [2.45, 2.75) is 18.8 Å². The van der Waals surface area contributed by atoms with Crippen LogP contribution in [0.15, 0.2) is 47.5 Å². The number of amidine groups is 1. The van der Waals surface area contributed by atoms with Crippen LogP contribution in [0.3, 0.4) is 0 Å². The van der Waals surface area contributed by atoms with E-state index < -0.39 is 0 Å². The summed E-state index contributed by atoms with van der Waals surface area (Å²) in [6, 6.07) is 11.9. The SMILES string of the molecule is Cc1ccc(Cl)cc1N1C(=O)C2CNNC2N=C1SCc1cccc(F)c1. The molecule has 0 aromatic heterocycles. The number of hydrogen-bond acceptors (Lipinski definition) is 5. The molecule has 2 aliphatic heterocycles. The van der Waals surface area contributed by atoms with Crippen LogP contribution in [-0.2, 0) is 10.5 Å². The van der Waals surface area contributed by atoms with E-state index in [-0.39, 0.29) is 23.8 Å². The lowest BCUT2D eigenvalue weighted by Crippen LogP contribution is -2.49. The fourth-order valence-corrected chi connectivity index (χ4v) is 4.34. The summed E-state index contributed by atoms with van der Waals surface area (Å²) >= 11 is 7.59. The molecule has 4 rings (SSSR count). The van der Waals surface area contributed by atoms with Crippen molar-refractivity contribution in [3.05, 3.63) is 64.4 Å². The third-order valence-electron chi connectivity index (χ3n) is 4.60. The number of hydrogen-bond donors (Lipinski definition) is 2. The number of amides is 1. The molecule has 2 aliphatic rings. The molecule has 2 aromatic carbocycles. The Bertz CT molecular complexity index is 922. The van der Waals surface area contributed by atoms with Gasteiger partial charge < -0.3 is 0 Å². The Kier molecular flexibility index (Phi) is 5.19. The van der Waals surface area contributed by atoms with Gasteiger partial charge in [0, 0.05) is 17.3 Å². The van der Waals surface area contributed by atoms with Crippen LogP contribution >= 0.6 is 23.4 Å². The number of benzene rings is 2. The molecule has 1 saturated heterocycles. The monoisotopic (exact) mass is 404 g/mol. The molecule has 2 aromatic rings. The zero-order valence-corrected chi connectivity index (χ0v) is 16.1. The maximum Gasteiger partial charge on any atom is 0.241 e. The van der Waals surface area contributed by atoms with Gasteiger partial charge in [0.25, 0.3) is 0 Å². The summed E-state index contributed by atoms with van der Waals surface area (Å²) in [5.74, 6) is -0.0781. The lowest BCUT2D eigenvalue weighted by molar-refractivity contribution is -0.121. The number of nitrogens with one attached hydrogen (secondary N) is 2. The van der Waals surface area contributed by atoms with Crippen molar-refractivity contribution in [2.75, 3.05) is 11.4 Å². The average Bonchev–Trinajstić information content (AvgIpc) is 3.11. The van der Waals surface area contributed by atoms with Gasteiger partial charge in [-0.05, 0) is 42.3 Å². The largest absolute Gasteiger partial charge is 0.274 e. The second-order valence-electron chi connectivity index (χ2n) is 6.51. The normalized spacial score (nSPS) is 22.0. The van der Waals surface area contributed by atoms with E-state index in [0.29, 0.717) is 22.5 Å². The highest BCUT2D eigenvalue weighted by Crippen LogP contribution is 2.33. The van der Waals surface area contributed by atoms with Crippen molar-refractivity contribution in [1.29, 1.82) is 0 Å². The third kappa shape index (κ3) is 3.73. The van der Waals surface area contributed by atoms with E-state index in [2.05, 4.69) is 10.9 Å². The van der Waals surface area contributed by atoms with Gasteiger partial charge in [0.2, 0.25) is 5.91 Å². The second-order valence-corrected chi connectivity index (χ2v) is 7.89. The molecule has 0 bridgehead atoms. The number of fused-ring (bicyclic) bond motifs is 1. The molecule has 1 amide bonds. The van der Waals surface area contributed by atoms with Gasteiger partial charge in [-0.2, -0.15) is 0 Å². The van der Waals surface area contributed by atoms with Crippen LogP contribution in [0.25, 0.3) is 0 Å². The second kappa shape index (κ2) is 7.59. The predicted molar refractivity (Wildman–Crippen MR) is 107 cm³/mol. The molecule has 5 nitrogen and oxygen atoms in total. The van der Waals surface area contributed by atoms with Gasteiger partial charge in [0.05, 0.1) is 11.6 Å². The van der Waals surface area contributed by atoms with Crippen molar-refractivity contribution in [3.8, 4) is 0 Å². The highest BCUT2D eigenvalue weighted by molar-refractivity contribution is 8.13. The molecule has 27 heavy (non-hydrogen) atoms. The molecule has 2 heterocycles. The molecule has 0 saturated carbocycles. The molecular formula is C19H18ClFN4OS. The Labute approximate surface area is 166 Å². The van der Waals surface area contributed by atoms with Crippen LogP contribution in [0.4, 0.5) is 10.1 Å². The fraction of sp³-hybridized carbons (Fsp3) is 0.263.